The largest absolute Gasteiger partial charge is 0.368 e. The van der Waals surface area contributed by atoms with Crippen molar-refractivity contribution in [1.29, 1.82) is 0 Å². The number of anilines is 1. The highest BCUT2D eigenvalue weighted by Crippen LogP contribution is 2.26. The van der Waals surface area contributed by atoms with E-state index in [4.69, 9.17) is 5.73 Å². The molecule has 1 heterocycles. The number of aryl methyl sites for hydroxylation is 2. The lowest BCUT2D eigenvalue weighted by Crippen LogP contribution is -1.99. The van der Waals surface area contributed by atoms with Crippen molar-refractivity contribution in [2.75, 3.05) is 5.73 Å². The minimum Gasteiger partial charge on any atom is -0.368 e. The van der Waals surface area contributed by atoms with Crippen LogP contribution in [0, 0.1) is 20.8 Å². The Balaban J connectivity index is 2.67. The normalized spacial score (nSPS) is 10.4. The monoisotopic (exact) mass is 213 g/mol. The van der Waals surface area contributed by atoms with Crippen LogP contribution in [-0.2, 0) is 0 Å². The van der Waals surface area contributed by atoms with Gasteiger partial charge in [0, 0.05) is 11.8 Å². The molecule has 0 spiro atoms. The van der Waals surface area contributed by atoms with E-state index in [0.29, 0.717) is 5.95 Å². The third kappa shape index (κ3) is 1.76. The van der Waals surface area contributed by atoms with Crippen molar-refractivity contribution in [3.05, 3.63) is 41.1 Å². The predicted octanol–water partition coefficient (Wildman–Crippen LogP) is 2.65. The highest BCUT2D eigenvalue weighted by atomic mass is 15.0. The molecule has 0 fully saturated rings. The molecule has 3 nitrogen and oxygen atoms in total. The molecular formula is C13H15N3. The molecule has 0 saturated carbocycles. The van der Waals surface area contributed by atoms with E-state index in [9.17, 15) is 0 Å². The summed E-state index contributed by atoms with van der Waals surface area (Å²) < 4.78 is 0. The van der Waals surface area contributed by atoms with E-state index >= 15 is 0 Å². The smallest absolute Gasteiger partial charge is 0.220 e. The van der Waals surface area contributed by atoms with Crippen molar-refractivity contribution in [3.8, 4) is 11.3 Å². The molecule has 0 aliphatic heterocycles. The van der Waals surface area contributed by atoms with Crippen LogP contribution in [-0.4, -0.2) is 9.97 Å². The lowest BCUT2D eigenvalue weighted by atomic mass is 9.99. The third-order valence-corrected chi connectivity index (χ3v) is 2.85. The van der Waals surface area contributed by atoms with Crippen LogP contribution < -0.4 is 5.73 Å². The second-order valence-corrected chi connectivity index (χ2v) is 4.01. The van der Waals surface area contributed by atoms with E-state index in [0.717, 1.165) is 16.8 Å². The highest BCUT2D eigenvalue weighted by Gasteiger charge is 2.08. The van der Waals surface area contributed by atoms with Gasteiger partial charge in [0.2, 0.25) is 5.95 Å². The molecule has 2 rings (SSSR count). The first-order chi connectivity index (χ1) is 7.59. The van der Waals surface area contributed by atoms with E-state index in [-0.39, 0.29) is 0 Å². The van der Waals surface area contributed by atoms with Crippen LogP contribution in [0.2, 0.25) is 0 Å². The van der Waals surface area contributed by atoms with Crippen molar-refractivity contribution in [2.24, 2.45) is 0 Å². The van der Waals surface area contributed by atoms with Crippen molar-refractivity contribution in [1.82, 2.24) is 9.97 Å². The molecule has 0 radical (unpaired) electrons. The molecule has 82 valence electrons. The molecule has 0 aliphatic carbocycles. The van der Waals surface area contributed by atoms with Gasteiger partial charge in [-0.2, -0.15) is 0 Å². The van der Waals surface area contributed by atoms with Crippen LogP contribution in [0.3, 0.4) is 0 Å². The summed E-state index contributed by atoms with van der Waals surface area (Å²) >= 11 is 0. The highest BCUT2D eigenvalue weighted by molar-refractivity contribution is 5.68. The number of benzene rings is 1. The van der Waals surface area contributed by atoms with Gasteiger partial charge in [0.05, 0.1) is 5.69 Å². The summed E-state index contributed by atoms with van der Waals surface area (Å²) in [6, 6.07) is 6.20. The van der Waals surface area contributed by atoms with Crippen molar-refractivity contribution < 1.29 is 0 Å². The molecular weight excluding hydrogens is 198 g/mol. The van der Waals surface area contributed by atoms with Gasteiger partial charge in [-0.1, -0.05) is 18.2 Å². The number of hydrogen-bond donors (Lipinski definition) is 1. The topological polar surface area (TPSA) is 51.8 Å². The summed E-state index contributed by atoms with van der Waals surface area (Å²) in [6.45, 7) is 6.19. The van der Waals surface area contributed by atoms with Crippen LogP contribution in [0.5, 0.6) is 0 Å². The first kappa shape index (κ1) is 10.6. The fourth-order valence-electron chi connectivity index (χ4n) is 1.74. The molecule has 3 heteroatoms. The summed E-state index contributed by atoms with van der Waals surface area (Å²) in [5.74, 6) is 0.321. The minimum absolute atomic E-state index is 0.321. The maximum atomic E-state index is 5.63. The Hall–Kier alpha value is -1.90. The second-order valence-electron chi connectivity index (χ2n) is 4.01. The van der Waals surface area contributed by atoms with E-state index in [1.165, 1.54) is 11.1 Å². The molecule has 0 bridgehead atoms. The maximum absolute atomic E-state index is 5.63. The van der Waals surface area contributed by atoms with Gasteiger partial charge in [0.25, 0.3) is 0 Å². The van der Waals surface area contributed by atoms with Crippen LogP contribution in [0.15, 0.2) is 24.4 Å². The van der Waals surface area contributed by atoms with Gasteiger partial charge in [0.1, 0.15) is 0 Å². The van der Waals surface area contributed by atoms with Crippen molar-refractivity contribution in [3.63, 3.8) is 0 Å². The molecule has 1 aromatic heterocycles. The molecule has 0 amide bonds. The zero-order chi connectivity index (χ0) is 11.7. The van der Waals surface area contributed by atoms with Gasteiger partial charge in [0.15, 0.2) is 0 Å². The quantitative estimate of drug-likeness (QED) is 0.792. The molecule has 2 N–H and O–H groups in total. The first-order valence-corrected chi connectivity index (χ1v) is 5.25. The zero-order valence-electron chi connectivity index (χ0n) is 9.78. The lowest BCUT2D eigenvalue weighted by Gasteiger charge is -2.10. The Morgan fingerprint density at radius 2 is 1.81 bits per heavy atom. The molecule has 1 aromatic carbocycles. The number of hydrogen-bond acceptors (Lipinski definition) is 3. The number of aromatic nitrogens is 2. The van der Waals surface area contributed by atoms with Gasteiger partial charge in [-0.25, -0.2) is 9.97 Å². The molecule has 0 saturated heterocycles. The van der Waals surface area contributed by atoms with E-state index < -0.39 is 0 Å². The number of nitrogen functional groups attached to an aromatic ring is 1. The van der Waals surface area contributed by atoms with E-state index in [1.54, 1.807) is 6.20 Å². The standard InChI is InChI=1S/C13H15N3/c1-8-5-4-6-11(10(8)3)12-9(2)7-15-13(14)16-12/h4-7H,1-3H3,(H2,14,15,16). The van der Waals surface area contributed by atoms with Crippen LogP contribution in [0.1, 0.15) is 16.7 Å². The van der Waals surface area contributed by atoms with Crippen molar-refractivity contribution >= 4 is 5.95 Å². The van der Waals surface area contributed by atoms with Crippen molar-refractivity contribution in [2.45, 2.75) is 20.8 Å². The molecule has 0 unspecified atom stereocenters. The van der Waals surface area contributed by atoms with Crippen LogP contribution >= 0.6 is 0 Å². The number of nitrogens with zero attached hydrogens (tertiary/aromatic N) is 2. The van der Waals surface area contributed by atoms with E-state index in [1.807, 2.05) is 13.0 Å². The second kappa shape index (κ2) is 3.93. The zero-order valence-corrected chi connectivity index (χ0v) is 9.78. The Morgan fingerprint density at radius 1 is 1.06 bits per heavy atom. The average Bonchev–Trinajstić information content (AvgIpc) is 2.26. The van der Waals surface area contributed by atoms with Crippen LogP contribution in [0.25, 0.3) is 11.3 Å². The first-order valence-electron chi connectivity index (χ1n) is 5.25. The molecule has 16 heavy (non-hydrogen) atoms. The Kier molecular flexibility index (Phi) is 2.60. The summed E-state index contributed by atoms with van der Waals surface area (Å²) in [5, 5.41) is 0. The van der Waals surface area contributed by atoms with Gasteiger partial charge >= 0.3 is 0 Å². The van der Waals surface area contributed by atoms with Gasteiger partial charge in [-0.05, 0) is 37.5 Å². The fraction of sp³-hybridized carbons (Fsp3) is 0.231. The third-order valence-electron chi connectivity index (χ3n) is 2.85. The molecule has 0 aliphatic rings. The Morgan fingerprint density at radius 3 is 2.56 bits per heavy atom. The van der Waals surface area contributed by atoms with Crippen LogP contribution in [0.4, 0.5) is 5.95 Å². The van der Waals surface area contributed by atoms with E-state index in [2.05, 4.69) is 35.9 Å². The average molecular weight is 213 g/mol. The Bertz CT molecular complexity index is 533. The minimum atomic E-state index is 0.321. The summed E-state index contributed by atoms with van der Waals surface area (Å²) in [7, 11) is 0. The maximum Gasteiger partial charge on any atom is 0.220 e. The Labute approximate surface area is 95.4 Å². The summed E-state index contributed by atoms with van der Waals surface area (Å²) in [5.41, 5.74) is 11.2. The number of rotatable bonds is 1. The van der Waals surface area contributed by atoms with Gasteiger partial charge in [-0.15, -0.1) is 0 Å². The summed E-state index contributed by atoms with van der Waals surface area (Å²) in [6.07, 6.45) is 1.76. The lowest BCUT2D eigenvalue weighted by molar-refractivity contribution is 1.14. The molecule has 0 atom stereocenters. The molecule has 2 aromatic rings. The SMILES string of the molecule is Cc1cnc(N)nc1-c1cccc(C)c1C. The predicted molar refractivity (Wildman–Crippen MR) is 66.1 cm³/mol. The van der Waals surface area contributed by atoms with Gasteiger partial charge in [-0.3, -0.25) is 0 Å². The fourth-order valence-corrected chi connectivity index (χ4v) is 1.74. The summed E-state index contributed by atoms with van der Waals surface area (Å²) in [4.78, 5) is 8.30. The van der Waals surface area contributed by atoms with Gasteiger partial charge < -0.3 is 5.73 Å². The number of nitrogens with two attached hydrogens (primary N) is 1.